The van der Waals surface area contributed by atoms with Crippen LogP contribution in [0.1, 0.15) is 95.2 Å². The van der Waals surface area contributed by atoms with Crippen LogP contribution in [0, 0.1) is 10.8 Å². The van der Waals surface area contributed by atoms with Crippen LogP contribution in [0.5, 0.6) is 0 Å². The van der Waals surface area contributed by atoms with E-state index in [9.17, 15) is 14.0 Å². The largest absolute Gasteiger partial charge is 0.339 e. The molecule has 1 N–H and O–H groups in total. The van der Waals surface area contributed by atoms with E-state index in [2.05, 4.69) is 16.5 Å². The van der Waals surface area contributed by atoms with E-state index in [1.807, 2.05) is 47.4 Å². The summed E-state index contributed by atoms with van der Waals surface area (Å²) >= 11 is 0. The number of hydrogen-bond donors (Lipinski definition) is 1. The van der Waals surface area contributed by atoms with Crippen LogP contribution >= 0.6 is 0 Å². The van der Waals surface area contributed by atoms with Crippen LogP contribution in [0.15, 0.2) is 53.1 Å². The third kappa shape index (κ3) is 4.20. The minimum absolute atomic E-state index is 0.0228. The van der Waals surface area contributed by atoms with Gasteiger partial charge in [0.2, 0.25) is 17.7 Å². The van der Waals surface area contributed by atoms with Crippen molar-refractivity contribution < 1.29 is 18.5 Å². The number of rotatable bonds is 8. The maximum Gasteiger partial charge on any atom is 0.233 e. The molecule has 3 aromatic rings. The van der Waals surface area contributed by atoms with E-state index in [1.165, 1.54) is 6.92 Å². The van der Waals surface area contributed by atoms with Crippen molar-refractivity contribution in [2.45, 2.75) is 94.6 Å². The molecule has 2 aromatic carbocycles. The number of nitrogens with zero attached hydrogens (tertiary/aromatic N) is 3. The van der Waals surface area contributed by atoms with Crippen LogP contribution in [0.3, 0.4) is 0 Å². The normalized spacial score (nSPS) is 32.5. The predicted octanol–water partition coefficient (Wildman–Crippen LogP) is 7.09. The molecule has 0 aliphatic heterocycles. The zero-order valence-corrected chi connectivity index (χ0v) is 24.1. The van der Waals surface area contributed by atoms with Crippen molar-refractivity contribution in [3.05, 3.63) is 60.2 Å². The summed E-state index contributed by atoms with van der Waals surface area (Å²) in [6.45, 7) is 2.14. The predicted molar refractivity (Wildman–Crippen MR) is 157 cm³/mol. The number of benzene rings is 2. The van der Waals surface area contributed by atoms with Gasteiger partial charge in [-0.3, -0.25) is 9.59 Å². The first-order valence-corrected chi connectivity index (χ1v) is 15.5. The molecule has 7 aliphatic carbocycles. The Morgan fingerprint density at radius 2 is 1.64 bits per heavy atom. The molecule has 42 heavy (non-hydrogen) atoms. The summed E-state index contributed by atoms with van der Waals surface area (Å²) < 4.78 is 20.4. The van der Waals surface area contributed by atoms with E-state index in [4.69, 9.17) is 9.51 Å². The van der Waals surface area contributed by atoms with Gasteiger partial charge in [0, 0.05) is 36.2 Å². The van der Waals surface area contributed by atoms with Gasteiger partial charge in [-0.1, -0.05) is 29.4 Å². The standard InChI is InChI=1S/C34H37FN4O3/c1-22(40)36-26-6-2-4-24(16-26)25-5-3-7-27(17-25)39(30(41)33-18-34(35,19-33)20-33)21-31-10-13-32(14-11-31,15-12-31)29-37-28(38-42-29)23-8-9-23/h2-7,16-17,23H,8-15,18-21H2,1H3,(H,36,40). The van der Waals surface area contributed by atoms with Crippen molar-refractivity contribution in [3.8, 4) is 11.1 Å². The van der Waals surface area contributed by atoms with Gasteiger partial charge in [-0.05, 0) is 111 Å². The number of aromatic nitrogens is 2. The maximum atomic E-state index is 14.6. The first-order chi connectivity index (χ1) is 20.2. The number of halogens is 1. The van der Waals surface area contributed by atoms with Gasteiger partial charge in [0.05, 0.1) is 5.41 Å². The monoisotopic (exact) mass is 568 g/mol. The number of nitrogens with one attached hydrogen (secondary N) is 1. The number of alkyl halides is 1. The molecular weight excluding hydrogens is 531 g/mol. The topological polar surface area (TPSA) is 88.3 Å². The van der Waals surface area contributed by atoms with Crippen molar-refractivity contribution in [2.24, 2.45) is 10.8 Å². The molecule has 7 saturated carbocycles. The number of carbonyl (C=O) groups is 2. The van der Waals surface area contributed by atoms with Crippen molar-refractivity contribution in [1.29, 1.82) is 0 Å². The highest BCUT2D eigenvalue weighted by molar-refractivity contribution is 6.01. The van der Waals surface area contributed by atoms with E-state index >= 15 is 0 Å². The van der Waals surface area contributed by atoms with Gasteiger partial charge in [-0.15, -0.1) is 0 Å². The van der Waals surface area contributed by atoms with Crippen LogP contribution in [-0.2, 0) is 15.0 Å². The molecule has 0 unspecified atom stereocenters. The Kier molecular flexibility index (Phi) is 5.58. The minimum atomic E-state index is -1.13. The summed E-state index contributed by atoms with van der Waals surface area (Å²) in [4.78, 5) is 32.7. The SMILES string of the molecule is CC(=O)Nc1cccc(-c2cccc(N(CC34CCC(c5nc(C6CC6)no5)(CC3)CC4)C(=O)C34CC(F)(C3)C4)c2)c1. The Bertz CT molecular complexity index is 1550. The van der Waals surface area contributed by atoms with Crippen molar-refractivity contribution >= 4 is 23.2 Å². The summed E-state index contributed by atoms with van der Waals surface area (Å²) in [6, 6.07) is 15.9. The van der Waals surface area contributed by atoms with Gasteiger partial charge in [0.25, 0.3) is 0 Å². The van der Waals surface area contributed by atoms with Gasteiger partial charge in [0.15, 0.2) is 5.82 Å². The van der Waals surface area contributed by atoms with E-state index in [1.54, 1.807) is 0 Å². The zero-order valence-electron chi connectivity index (χ0n) is 24.1. The Morgan fingerprint density at radius 1 is 0.976 bits per heavy atom. The van der Waals surface area contributed by atoms with E-state index in [0.29, 0.717) is 31.7 Å². The molecular formula is C34H37FN4O3. The maximum absolute atomic E-state index is 14.6. The lowest BCUT2D eigenvalue weighted by Gasteiger charge is -2.65. The third-order valence-electron chi connectivity index (χ3n) is 11.1. The average molecular weight is 569 g/mol. The van der Waals surface area contributed by atoms with E-state index in [-0.39, 0.29) is 22.6 Å². The molecule has 1 aromatic heterocycles. The van der Waals surface area contributed by atoms with Crippen molar-refractivity contribution in [3.63, 3.8) is 0 Å². The lowest BCUT2D eigenvalue weighted by Crippen LogP contribution is -2.71. The van der Waals surface area contributed by atoms with E-state index in [0.717, 1.165) is 85.6 Å². The van der Waals surface area contributed by atoms with Gasteiger partial charge < -0.3 is 14.7 Å². The fourth-order valence-electron chi connectivity index (χ4n) is 8.40. The quantitative estimate of drug-likeness (QED) is 0.313. The molecule has 1 heterocycles. The fraction of sp³-hybridized carbons (Fsp3) is 0.529. The highest BCUT2D eigenvalue weighted by Crippen LogP contribution is 2.70. The first kappa shape index (κ1) is 26.1. The van der Waals surface area contributed by atoms with Gasteiger partial charge in [-0.2, -0.15) is 4.98 Å². The molecule has 218 valence electrons. The number of fused-ring (bicyclic) bond motifs is 3. The number of carbonyl (C=O) groups excluding carboxylic acids is 2. The third-order valence-corrected chi connectivity index (χ3v) is 11.1. The molecule has 0 saturated heterocycles. The first-order valence-electron chi connectivity index (χ1n) is 15.5. The van der Waals surface area contributed by atoms with Crippen LogP contribution in [0.4, 0.5) is 15.8 Å². The summed E-state index contributed by atoms with van der Waals surface area (Å²) in [5.41, 5.74) is 1.84. The molecule has 2 amide bonds. The summed E-state index contributed by atoms with van der Waals surface area (Å²) in [7, 11) is 0. The number of hydrogen-bond acceptors (Lipinski definition) is 5. The summed E-state index contributed by atoms with van der Waals surface area (Å²) in [5.74, 6) is 2.14. The van der Waals surface area contributed by atoms with Crippen LogP contribution < -0.4 is 10.2 Å². The van der Waals surface area contributed by atoms with Gasteiger partial charge in [-0.25, -0.2) is 4.39 Å². The Balaban J connectivity index is 1.07. The van der Waals surface area contributed by atoms with E-state index < -0.39 is 11.1 Å². The molecule has 7 nitrogen and oxygen atoms in total. The lowest BCUT2D eigenvalue weighted by molar-refractivity contribution is -0.211. The Hall–Kier alpha value is -3.55. The minimum Gasteiger partial charge on any atom is -0.339 e. The lowest BCUT2D eigenvalue weighted by atomic mass is 9.41. The summed E-state index contributed by atoms with van der Waals surface area (Å²) in [5, 5.41) is 7.16. The molecule has 0 radical (unpaired) electrons. The van der Waals surface area contributed by atoms with Crippen molar-refractivity contribution in [2.75, 3.05) is 16.8 Å². The molecule has 4 bridgehead atoms. The Morgan fingerprint density at radius 3 is 2.29 bits per heavy atom. The average Bonchev–Trinajstić information content (AvgIpc) is 3.70. The molecule has 7 fully saturated rings. The van der Waals surface area contributed by atoms with Crippen LogP contribution in [0.25, 0.3) is 11.1 Å². The van der Waals surface area contributed by atoms with Crippen LogP contribution in [0.2, 0.25) is 0 Å². The number of anilines is 2. The zero-order chi connectivity index (χ0) is 28.7. The summed E-state index contributed by atoms with van der Waals surface area (Å²) in [6.07, 6.45) is 9.39. The highest BCUT2D eigenvalue weighted by atomic mass is 19.1. The molecule has 0 spiro atoms. The molecule has 10 rings (SSSR count). The molecule has 8 heteroatoms. The smallest absolute Gasteiger partial charge is 0.233 e. The van der Waals surface area contributed by atoms with Crippen LogP contribution in [-0.4, -0.2) is 34.2 Å². The second kappa shape index (κ2) is 8.98. The van der Waals surface area contributed by atoms with Gasteiger partial charge >= 0.3 is 0 Å². The Labute approximate surface area is 245 Å². The fourth-order valence-corrected chi connectivity index (χ4v) is 8.40. The second-order valence-corrected chi connectivity index (χ2v) is 14.2. The highest BCUT2D eigenvalue weighted by Gasteiger charge is 2.73. The second-order valence-electron chi connectivity index (χ2n) is 14.2. The van der Waals surface area contributed by atoms with Gasteiger partial charge in [0.1, 0.15) is 5.67 Å². The van der Waals surface area contributed by atoms with Crippen molar-refractivity contribution in [1.82, 2.24) is 10.1 Å². The number of amides is 2. The molecule has 7 aliphatic rings. The molecule has 0 atom stereocenters.